The first-order chi connectivity index (χ1) is 35.7. The molecule has 5 atom stereocenters. The van der Waals surface area contributed by atoms with Gasteiger partial charge in [-0.1, -0.05) is 45.9 Å². The number of ether oxygens (including phenoxy) is 3. The maximum absolute atomic E-state index is 14.9. The first-order valence-corrected chi connectivity index (χ1v) is 26.2. The van der Waals surface area contributed by atoms with Crippen LogP contribution in [0.4, 0.5) is 0 Å². The molecule has 3 fully saturated rings. The number of nitrogens with one attached hydrogen (secondary N) is 2. The topological polar surface area (TPSA) is 229 Å². The number of pyridine rings is 1. The number of phenols is 1. The summed E-state index contributed by atoms with van der Waals surface area (Å²) < 4.78 is 19.4. The number of phenolic OH excluding ortho intramolecular Hbond substituents is 1. The molecule has 0 aliphatic carbocycles. The predicted octanol–water partition coefficient (Wildman–Crippen LogP) is 4.11. The summed E-state index contributed by atoms with van der Waals surface area (Å²) in [7, 11) is 3.06. The lowest BCUT2D eigenvalue weighted by atomic mass is 9.84. The minimum atomic E-state index is -2.31. The first kappa shape index (κ1) is 55.0. The summed E-state index contributed by atoms with van der Waals surface area (Å²) in [5.41, 5.74) is 4.16. The van der Waals surface area contributed by atoms with Crippen LogP contribution in [0, 0.1) is 11.3 Å². The second-order valence-corrected chi connectivity index (χ2v) is 21.7. The van der Waals surface area contributed by atoms with Crippen molar-refractivity contribution < 1.29 is 53.5 Å². The molecule has 0 unspecified atom stereocenters. The number of fused-ring (bicyclic) bond motifs is 6. The number of aromatic nitrogens is 2. The van der Waals surface area contributed by atoms with Gasteiger partial charge in [0.15, 0.2) is 5.60 Å². The van der Waals surface area contributed by atoms with Gasteiger partial charge < -0.3 is 49.2 Å². The number of hydrogen-bond donors (Lipinski definition) is 5. The van der Waals surface area contributed by atoms with Gasteiger partial charge in [-0.3, -0.25) is 34.1 Å². The highest BCUT2D eigenvalue weighted by atomic mass is 16.6. The molecule has 6 heterocycles. The van der Waals surface area contributed by atoms with Gasteiger partial charge in [-0.15, -0.1) is 0 Å². The van der Waals surface area contributed by atoms with Crippen molar-refractivity contribution in [1.82, 2.24) is 40.0 Å². The number of aryl methyl sites for hydroxylation is 1. The van der Waals surface area contributed by atoms with Gasteiger partial charge in [-0.25, -0.2) is 4.79 Å². The Morgan fingerprint density at radius 1 is 1.01 bits per heavy atom. The van der Waals surface area contributed by atoms with E-state index in [0.29, 0.717) is 43.9 Å². The van der Waals surface area contributed by atoms with Gasteiger partial charge in [0.2, 0.25) is 17.5 Å². The molecule has 3 saturated heterocycles. The van der Waals surface area contributed by atoms with Crippen LogP contribution in [0.1, 0.15) is 83.7 Å². The Bertz CT molecular complexity index is 2820. The molecular weight excluding hydrogens is 961 g/mol. The zero-order valence-electron chi connectivity index (χ0n) is 44.6. The molecule has 6 bridgehead atoms. The lowest BCUT2D eigenvalue weighted by Gasteiger charge is -2.40. The molecule has 4 amide bonds. The highest BCUT2D eigenvalue weighted by molar-refractivity contribution is 5.97. The summed E-state index contributed by atoms with van der Waals surface area (Å²) in [5, 5.41) is 40.1. The molecule has 0 spiro atoms. The number of carbonyl (C=O) groups excluding carboxylic acids is 5. The number of methoxy groups -OCH3 is 1. The Balaban J connectivity index is 1.13. The predicted molar refractivity (Wildman–Crippen MR) is 280 cm³/mol. The van der Waals surface area contributed by atoms with Gasteiger partial charge in [0.1, 0.15) is 17.8 Å². The molecule has 75 heavy (non-hydrogen) atoms. The van der Waals surface area contributed by atoms with Crippen molar-refractivity contribution in [2.24, 2.45) is 11.3 Å². The number of esters is 1. The SMILES string of the molecule is CCn1c(-c2cccnc2[C@H](C)OC)c2c3cc(ccc31)-c1cc(O)cc(c1)C[C@H](NC(=O)[C@H](C(C)C)N(C)C(=O)[C@@]1(O)CCN(C(=O)/C=C/CN3CCOCC3)C1)C(=O)N1CCC[C@@](O)(N1)C(=O)OCC(C)(C)C2. The molecule has 8 rings (SSSR count). The van der Waals surface area contributed by atoms with Crippen molar-refractivity contribution in [3.05, 3.63) is 83.7 Å². The van der Waals surface area contributed by atoms with E-state index in [2.05, 4.69) is 33.2 Å². The molecule has 4 aliphatic rings. The fourth-order valence-electron chi connectivity index (χ4n) is 11.1. The largest absolute Gasteiger partial charge is 0.508 e. The third-order valence-electron chi connectivity index (χ3n) is 15.1. The number of hydrogen-bond acceptors (Lipinski definition) is 14. The molecular formula is C56H74N8O11. The molecule has 0 saturated carbocycles. The summed E-state index contributed by atoms with van der Waals surface area (Å²) in [6.07, 6.45) is 4.99. The smallest absolute Gasteiger partial charge is 0.355 e. The Morgan fingerprint density at radius 3 is 2.49 bits per heavy atom. The maximum atomic E-state index is 14.9. The van der Waals surface area contributed by atoms with E-state index in [1.54, 1.807) is 39.3 Å². The Labute approximate surface area is 438 Å². The van der Waals surface area contributed by atoms with Crippen LogP contribution in [0.15, 0.2) is 66.9 Å². The summed E-state index contributed by atoms with van der Waals surface area (Å²) in [4.78, 5) is 80.7. The van der Waals surface area contributed by atoms with Crippen LogP contribution in [0.2, 0.25) is 0 Å². The lowest BCUT2D eigenvalue weighted by molar-refractivity contribution is -0.189. The van der Waals surface area contributed by atoms with Crippen LogP contribution in [0.25, 0.3) is 33.3 Å². The van der Waals surface area contributed by atoms with Gasteiger partial charge in [0.05, 0.1) is 43.9 Å². The van der Waals surface area contributed by atoms with Crippen molar-refractivity contribution >= 4 is 40.5 Å². The Kier molecular flexibility index (Phi) is 16.5. The number of aliphatic hydroxyl groups is 2. The summed E-state index contributed by atoms with van der Waals surface area (Å²) >= 11 is 0. The number of nitrogens with zero attached hydrogens (tertiary/aromatic N) is 6. The standard InChI is InChI=1S/C56H74N8O11/c1-9-63-45-16-15-38-31-42(45)43(49(63)41-13-10-19-57-47(41)36(4)73-8)32-54(5,6)34-75-53(70)56(72)17-12-21-64(59-56)51(68)44(29-37-27-39(38)30-40(65)28-37)58-50(67)48(35(2)3)60(7)52(69)55(71)18-22-62(33-55)46(66)14-11-20-61-23-25-74-26-24-61/h10-11,13-16,19,27-28,30-31,35-36,44,48,59,65,71-72H,9,12,17-18,20-26,29,32-34H2,1-8H3,(H,58,67)/b14-11+/t36-,44-,48-,55+,56-/m0/s1. The number of likely N-dealkylation sites (tertiary alicyclic amines) is 1. The van der Waals surface area contributed by atoms with E-state index in [1.807, 2.05) is 51.1 Å². The summed E-state index contributed by atoms with van der Waals surface area (Å²) in [5.74, 6) is -4.08. The summed E-state index contributed by atoms with van der Waals surface area (Å²) in [6, 6.07) is 12.5. The zero-order valence-corrected chi connectivity index (χ0v) is 44.6. The number of hydrazine groups is 1. The van der Waals surface area contributed by atoms with Gasteiger partial charge in [-0.05, 0) is 91.3 Å². The number of cyclic esters (lactones) is 1. The van der Waals surface area contributed by atoms with E-state index < -0.39 is 58.4 Å². The molecule has 0 radical (unpaired) electrons. The van der Waals surface area contributed by atoms with E-state index in [4.69, 9.17) is 19.2 Å². The van der Waals surface area contributed by atoms with Crippen molar-refractivity contribution in [3.8, 4) is 28.1 Å². The Hall–Kier alpha value is -6.22. The third-order valence-corrected chi connectivity index (χ3v) is 15.1. The molecule has 2 aromatic heterocycles. The van der Waals surface area contributed by atoms with Crippen molar-refractivity contribution in [1.29, 1.82) is 0 Å². The van der Waals surface area contributed by atoms with Crippen LogP contribution in [0.5, 0.6) is 5.75 Å². The fraction of sp³-hybridized carbons (Fsp3) is 0.536. The highest BCUT2D eigenvalue weighted by Crippen LogP contribution is 2.42. The zero-order chi connectivity index (χ0) is 54.0. The van der Waals surface area contributed by atoms with Gasteiger partial charge in [0, 0.05) is 107 Å². The lowest BCUT2D eigenvalue weighted by Crippen LogP contribution is -2.67. The first-order valence-electron chi connectivity index (χ1n) is 26.2. The van der Waals surface area contributed by atoms with Gasteiger partial charge in [-0.2, -0.15) is 5.43 Å². The number of likely N-dealkylation sites (N-methyl/N-ethyl adjacent to an activating group) is 1. The number of rotatable bonds is 12. The molecule has 2 aromatic carbocycles. The quantitative estimate of drug-likeness (QED) is 0.0995. The number of aromatic hydroxyl groups is 1. The van der Waals surface area contributed by atoms with Crippen LogP contribution < -0.4 is 10.7 Å². The maximum Gasteiger partial charge on any atom is 0.355 e. The van der Waals surface area contributed by atoms with Crippen molar-refractivity contribution in [2.75, 3.05) is 73.2 Å². The van der Waals surface area contributed by atoms with Crippen LogP contribution in [0.3, 0.4) is 0 Å². The highest BCUT2D eigenvalue weighted by Gasteiger charge is 2.49. The third kappa shape index (κ3) is 11.8. The fourth-order valence-corrected chi connectivity index (χ4v) is 11.1. The van der Waals surface area contributed by atoms with E-state index in [1.165, 1.54) is 29.0 Å². The van der Waals surface area contributed by atoms with E-state index in [0.717, 1.165) is 57.1 Å². The van der Waals surface area contributed by atoms with E-state index in [-0.39, 0.29) is 69.7 Å². The molecule has 19 heteroatoms. The van der Waals surface area contributed by atoms with Crippen molar-refractivity contribution in [3.63, 3.8) is 0 Å². The minimum absolute atomic E-state index is 0.0466. The van der Waals surface area contributed by atoms with E-state index >= 15 is 0 Å². The molecule has 4 aliphatic heterocycles. The molecule has 4 aromatic rings. The average molecular weight is 1040 g/mol. The monoisotopic (exact) mass is 1030 g/mol. The minimum Gasteiger partial charge on any atom is -0.508 e. The number of β-amino-alcohol motifs (C(OH)–C–C–N with tert-alkyl or cyclic N) is 1. The second kappa shape index (κ2) is 22.5. The average Bonchev–Trinajstić information content (AvgIpc) is 3.94. The van der Waals surface area contributed by atoms with Gasteiger partial charge >= 0.3 is 5.97 Å². The number of morpholine rings is 1. The molecule has 404 valence electrons. The second-order valence-electron chi connectivity index (χ2n) is 21.7. The Morgan fingerprint density at radius 2 is 1.77 bits per heavy atom. The number of benzene rings is 2. The van der Waals surface area contributed by atoms with Crippen LogP contribution in [-0.4, -0.2) is 171 Å². The number of carbonyl (C=O) groups is 5. The van der Waals surface area contributed by atoms with Crippen LogP contribution in [-0.2, 0) is 57.6 Å². The van der Waals surface area contributed by atoms with E-state index in [9.17, 15) is 39.3 Å². The molecule has 5 N–H and O–H groups in total. The normalized spacial score (nSPS) is 23.5. The van der Waals surface area contributed by atoms with Gasteiger partial charge in [0.25, 0.3) is 11.8 Å². The molecule has 19 nitrogen and oxygen atoms in total. The van der Waals surface area contributed by atoms with Crippen LogP contribution >= 0.6 is 0 Å². The van der Waals surface area contributed by atoms with Crippen molar-refractivity contribution in [2.45, 2.75) is 110 Å². The summed E-state index contributed by atoms with van der Waals surface area (Å²) in [6.45, 7) is 15.2. The number of amides is 4.